The molecular formula is C13H24N2O. The van der Waals surface area contributed by atoms with E-state index in [1.165, 1.54) is 6.42 Å². The van der Waals surface area contributed by atoms with Crippen molar-refractivity contribution in [2.75, 3.05) is 0 Å². The van der Waals surface area contributed by atoms with E-state index in [2.05, 4.69) is 19.2 Å². The van der Waals surface area contributed by atoms with Crippen LogP contribution >= 0.6 is 0 Å². The Balaban J connectivity index is 1.83. The molecule has 0 aromatic rings. The van der Waals surface area contributed by atoms with Crippen LogP contribution in [0.4, 0.5) is 0 Å². The third-order valence-corrected chi connectivity index (χ3v) is 4.64. The standard InChI is InChI=1S/C13H24N2O/c1-8-3-6-12(9(8)2)15-13(16)10-4-5-11(14)7-10/h8-12H,3-7,14H2,1-2H3,(H,15,16). The molecule has 0 aromatic heterocycles. The van der Waals surface area contributed by atoms with Gasteiger partial charge in [-0.15, -0.1) is 0 Å². The minimum Gasteiger partial charge on any atom is -0.353 e. The number of carbonyl (C=O) groups is 1. The molecule has 2 aliphatic rings. The second-order valence-corrected chi connectivity index (χ2v) is 5.80. The minimum absolute atomic E-state index is 0.179. The molecule has 0 bridgehead atoms. The molecule has 3 N–H and O–H groups in total. The van der Waals surface area contributed by atoms with Crippen molar-refractivity contribution in [3.63, 3.8) is 0 Å². The normalized spacial score (nSPS) is 43.6. The summed E-state index contributed by atoms with van der Waals surface area (Å²) in [6.07, 6.45) is 5.25. The lowest BCUT2D eigenvalue weighted by Crippen LogP contribution is -2.40. The van der Waals surface area contributed by atoms with Gasteiger partial charge in [0.05, 0.1) is 0 Å². The lowest BCUT2D eigenvalue weighted by molar-refractivity contribution is -0.125. The van der Waals surface area contributed by atoms with Gasteiger partial charge in [-0.25, -0.2) is 0 Å². The first-order chi connectivity index (χ1) is 7.58. The van der Waals surface area contributed by atoms with Gasteiger partial charge in [0.1, 0.15) is 0 Å². The van der Waals surface area contributed by atoms with Crippen molar-refractivity contribution in [1.82, 2.24) is 5.32 Å². The zero-order valence-corrected chi connectivity index (χ0v) is 10.4. The molecule has 0 heterocycles. The first-order valence-corrected chi connectivity index (χ1v) is 6.64. The summed E-state index contributed by atoms with van der Waals surface area (Å²) in [6, 6.07) is 0.648. The monoisotopic (exact) mass is 224 g/mol. The molecule has 92 valence electrons. The van der Waals surface area contributed by atoms with Gasteiger partial charge in [0.2, 0.25) is 5.91 Å². The molecular weight excluding hydrogens is 200 g/mol. The fourth-order valence-corrected chi connectivity index (χ4v) is 3.12. The maximum absolute atomic E-state index is 12.0. The highest BCUT2D eigenvalue weighted by molar-refractivity contribution is 5.79. The van der Waals surface area contributed by atoms with Crippen molar-refractivity contribution in [2.24, 2.45) is 23.5 Å². The van der Waals surface area contributed by atoms with E-state index in [-0.39, 0.29) is 17.9 Å². The molecule has 2 saturated carbocycles. The Morgan fingerprint density at radius 2 is 1.94 bits per heavy atom. The average Bonchev–Trinajstić information content (AvgIpc) is 2.79. The number of nitrogens with one attached hydrogen (secondary N) is 1. The Morgan fingerprint density at radius 3 is 2.44 bits per heavy atom. The first kappa shape index (κ1) is 11.9. The molecule has 0 aromatic carbocycles. The Bertz CT molecular complexity index is 267. The van der Waals surface area contributed by atoms with Gasteiger partial charge in [-0.1, -0.05) is 13.8 Å². The Labute approximate surface area is 98.2 Å². The van der Waals surface area contributed by atoms with Gasteiger partial charge in [-0.3, -0.25) is 4.79 Å². The van der Waals surface area contributed by atoms with Crippen LogP contribution in [-0.4, -0.2) is 18.0 Å². The molecule has 2 fully saturated rings. The molecule has 16 heavy (non-hydrogen) atoms. The van der Waals surface area contributed by atoms with E-state index in [0.29, 0.717) is 12.0 Å². The molecule has 1 amide bonds. The summed E-state index contributed by atoms with van der Waals surface area (Å²) in [5.74, 6) is 1.80. The summed E-state index contributed by atoms with van der Waals surface area (Å²) in [4.78, 5) is 12.0. The molecule has 3 nitrogen and oxygen atoms in total. The molecule has 0 spiro atoms. The van der Waals surface area contributed by atoms with Gasteiger partial charge in [0.25, 0.3) is 0 Å². The molecule has 2 aliphatic carbocycles. The quantitative estimate of drug-likeness (QED) is 0.749. The van der Waals surface area contributed by atoms with Gasteiger partial charge in [0, 0.05) is 18.0 Å². The van der Waals surface area contributed by atoms with Gasteiger partial charge < -0.3 is 11.1 Å². The molecule has 0 saturated heterocycles. The van der Waals surface area contributed by atoms with E-state index in [4.69, 9.17) is 5.73 Å². The highest BCUT2D eigenvalue weighted by Crippen LogP contribution is 2.32. The van der Waals surface area contributed by atoms with E-state index < -0.39 is 0 Å². The highest BCUT2D eigenvalue weighted by Gasteiger charge is 2.34. The summed E-state index contributed by atoms with van der Waals surface area (Å²) >= 11 is 0. The van der Waals surface area contributed by atoms with Gasteiger partial charge in [-0.05, 0) is 43.9 Å². The smallest absolute Gasteiger partial charge is 0.223 e. The predicted molar refractivity (Wildman–Crippen MR) is 64.8 cm³/mol. The number of rotatable bonds is 2. The van der Waals surface area contributed by atoms with E-state index in [1.54, 1.807) is 0 Å². The minimum atomic E-state index is 0.179. The second kappa shape index (κ2) is 4.74. The molecule has 0 radical (unpaired) electrons. The van der Waals surface area contributed by atoms with Crippen molar-refractivity contribution < 1.29 is 4.79 Å². The molecule has 5 atom stereocenters. The Hall–Kier alpha value is -0.570. The van der Waals surface area contributed by atoms with Gasteiger partial charge in [0.15, 0.2) is 0 Å². The van der Waals surface area contributed by atoms with Crippen LogP contribution in [-0.2, 0) is 4.79 Å². The third kappa shape index (κ3) is 2.40. The first-order valence-electron chi connectivity index (χ1n) is 6.64. The van der Waals surface area contributed by atoms with Crippen LogP contribution in [0.2, 0.25) is 0 Å². The predicted octanol–water partition coefficient (Wildman–Crippen LogP) is 1.66. The van der Waals surface area contributed by atoms with Crippen molar-refractivity contribution >= 4 is 5.91 Å². The number of hydrogen-bond donors (Lipinski definition) is 2. The molecule has 5 unspecified atom stereocenters. The number of nitrogens with two attached hydrogens (primary N) is 1. The van der Waals surface area contributed by atoms with Crippen LogP contribution in [0.25, 0.3) is 0 Å². The average molecular weight is 224 g/mol. The van der Waals surface area contributed by atoms with Gasteiger partial charge in [-0.2, -0.15) is 0 Å². The maximum Gasteiger partial charge on any atom is 0.223 e. The molecule has 2 rings (SSSR count). The summed E-state index contributed by atoms with van der Waals surface area (Å²) in [6.45, 7) is 4.53. The zero-order chi connectivity index (χ0) is 11.7. The summed E-state index contributed by atoms with van der Waals surface area (Å²) in [5.41, 5.74) is 5.84. The second-order valence-electron chi connectivity index (χ2n) is 5.80. The largest absolute Gasteiger partial charge is 0.353 e. The van der Waals surface area contributed by atoms with Crippen LogP contribution in [0.15, 0.2) is 0 Å². The van der Waals surface area contributed by atoms with E-state index in [9.17, 15) is 4.79 Å². The van der Waals surface area contributed by atoms with Crippen LogP contribution in [0.3, 0.4) is 0 Å². The van der Waals surface area contributed by atoms with Crippen molar-refractivity contribution in [3.8, 4) is 0 Å². The number of amides is 1. The SMILES string of the molecule is CC1CCC(NC(=O)C2CCC(N)C2)C1C. The van der Waals surface area contributed by atoms with E-state index in [0.717, 1.165) is 31.6 Å². The van der Waals surface area contributed by atoms with Gasteiger partial charge >= 0.3 is 0 Å². The van der Waals surface area contributed by atoms with Crippen LogP contribution in [0.5, 0.6) is 0 Å². The fourth-order valence-electron chi connectivity index (χ4n) is 3.12. The topological polar surface area (TPSA) is 55.1 Å². The summed E-state index contributed by atoms with van der Waals surface area (Å²) < 4.78 is 0. The zero-order valence-electron chi connectivity index (χ0n) is 10.4. The van der Waals surface area contributed by atoms with Crippen LogP contribution < -0.4 is 11.1 Å². The summed E-state index contributed by atoms with van der Waals surface area (Å²) in [5, 5.41) is 3.23. The number of hydrogen-bond acceptors (Lipinski definition) is 2. The lowest BCUT2D eigenvalue weighted by Gasteiger charge is -2.21. The highest BCUT2D eigenvalue weighted by atomic mass is 16.1. The van der Waals surface area contributed by atoms with E-state index >= 15 is 0 Å². The van der Waals surface area contributed by atoms with Crippen molar-refractivity contribution in [2.45, 2.75) is 58.0 Å². The lowest BCUT2D eigenvalue weighted by atomic mass is 9.97. The fraction of sp³-hybridized carbons (Fsp3) is 0.923. The Kier molecular flexibility index (Phi) is 3.53. The van der Waals surface area contributed by atoms with Crippen molar-refractivity contribution in [1.29, 1.82) is 0 Å². The maximum atomic E-state index is 12.0. The number of carbonyl (C=O) groups excluding carboxylic acids is 1. The molecule has 0 aliphatic heterocycles. The Morgan fingerprint density at radius 1 is 1.19 bits per heavy atom. The third-order valence-electron chi connectivity index (χ3n) is 4.64. The van der Waals surface area contributed by atoms with Crippen molar-refractivity contribution in [3.05, 3.63) is 0 Å². The van der Waals surface area contributed by atoms with Crippen LogP contribution in [0.1, 0.15) is 46.0 Å². The van der Waals surface area contributed by atoms with Crippen LogP contribution in [0, 0.1) is 17.8 Å². The van der Waals surface area contributed by atoms with E-state index in [1.807, 2.05) is 0 Å². The summed E-state index contributed by atoms with van der Waals surface area (Å²) in [7, 11) is 0. The molecule has 3 heteroatoms.